The van der Waals surface area contributed by atoms with Crippen molar-refractivity contribution in [2.75, 3.05) is 25.2 Å². The molecule has 18 heavy (non-hydrogen) atoms. The van der Waals surface area contributed by atoms with Crippen LogP contribution < -0.4 is 5.32 Å². The van der Waals surface area contributed by atoms with Crippen LogP contribution >= 0.6 is 11.8 Å². The average Bonchev–Trinajstić information content (AvgIpc) is 2.23. The molecule has 0 aromatic rings. The van der Waals surface area contributed by atoms with Crippen molar-refractivity contribution < 1.29 is 14.3 Å². The number of carbonyl (C=O) groups excluding carboxylic acids is 2. The van der Waals surface area contributed by atoms with Gasteiger partial charge in [0.25, 0.3) is 0 Å². The molecule has 0 spiro atoms. The Balaban J connectivity index is 4.47. The lowest BCUT2D eigenvalue weighted by Crippen LogP contribution is -2.44. The standard InChI is InChI=1S/C13H25NO3S/c1-6-17-12(16)10(13(2,3)4)11(15)14-8-7-9-18-5/h10H,6-9H2,1-5H3,(H,14,15). The molecule has 0 rings (SSSR count). The summed E-state index contributed by atoms with van der Waals surface area (Å²) in [5, 5.41) is 2.81. The van der Waals surface area contributed by atoms with Crippen LogP contribution in [0.5, 0.6) is 0 Å². The maximum Gasteiger partial charge on any atom is 0.319 e. The molecule has 0 aliphatic carbocycles. The van der Waals surface area contributed by atoms with Crippen LogP contribution in [0.25, 0.3) is 0 Å². The van der Waals surface area contributed by atoms with Gasteiger partial charge in [0.1, 0.15) is 5.92 Å². The maximum atomic E-state index is 12.1. The van der Waals surface area contributed by atoms with Gasteiger partial charge in [-0.25, -0.2) is 0 Å². The number of esters is 1. The minimum absolute atomic E-state index is 0.234. The molecule has 1 N–H and O–H groups in total. The summed E-state index contributed by atoms with van der Waals surface area (Å²) in [7, 11) is 0. The second-order valence-electron chi connectivity index (χ2n) is 5.19. The summed E-state index contributed by atoms with van der Waals surface area (Å²) >= 11 is 1.74. The van der Waals surface area contributed by atoms with Gasteiger partial charge < -0.3 is 10.1 Å². The molecule has 106 valence electrons. The largest absolute Gasteiger partial charge is 0.465 e. The Hall–Kier alpha value is -0.710. The number of hydrogen-bond acceptors (Lipinski definition) is 4. The predicted molar refractivity (Wildman–Crippen MR) is 75.6 cm³/mol. The van der Waals surface area contributed by atoms with Crippen molar-refractivity contribution in [2.24, 2.45) is 11.3 Å². The zero-order chi connectivity index (χ0) is 14.2. The number of ether oxygens (including phenoxy) is 1. The van der Waals surface area contributed by atoms with E-state index in [9.17, 15) is 9.59 Å². The molecular formula is C13H25NO3S. The van der Waals surface area contributed by atoms with Crippen LogP contribution in [0.4, 0.5) is 0 Å². The van der Waals surface area contributed by atoms with Gasteiger partial charge >= 0.3 is 5.97 Å². The second-order valence-corrected chi connectivity index (χ2v) is 6.17. The third kappa shape index (κ3) is 6.28. The SMILES string of the molecule is CCOC(=O)C(C(=O)NCCCSC)C(C)(C)C. The van der Waals surface area contributed by atoms with Crippen LogP contribution in [0.2, 0.25) is 0 Å². The first kappa shape index (κ1) is 17.3. The second kappa shape index (κ2) is 8.40. The van der Waals surface area contributed by atoms with E-state index in [2.05, 4.69) is 5.32 Å². The van der Waals surface area contributed by atoms with E-state index in [1.807, 2.05) is 27.0 Å². The fourth-order valence-corrected chi connectivity index (χ4v) is 2.04. The molecule has 0 radical (unpaired) electrons. The molecule has 0 heterocycles. The quantitative estimate of drug-likeness (QED) is 0.439. The summed E-state index contributed by atoms with van der Waals surface area (Å²) < 4.78 is 4.98. The summed E-state index contributed by atoms with van der Waals surface area (Å²) in [4.78, 5) is 23.9. The van der Waals surface area contributed by atoms with Crippen LogP contribution in [0, 0.1) is 11.3 Å². The molecule has 0 bridgehead atoms. The van der Waals surface area contributed by atoms with E-state index in [0.717, 1.165) is 12.2 Å². The van der Waals surface area contributed by atoms with Gasteiger partial charge in [0.05, 0.1) is 6.61 Å². The van der Waals surface area contributed by atoms with Crippen molar-refractivity contribution in [3.8, 4) is 0 Å². The monoisotopic (exact) mass is 275 g/mol. The summed E-state index contributed by atoms with van der Waals surface area (Å²) in [5.74, 6) is -0.416. The molecule has 0 fully saturated rings. The molecule has 0 aliphatic rings. The first-order valence-electron chi connectivity index (χ1n) is 6.27. The smallest absolute Gasteiger partial charge is 0.319 e. The molecule has 5 heteroatoms. The summed E-state index contributed by atoms with van der Waals surface area (Å²) in [6.07, 6.45) is 2.94. The van der Waals surface area contributed by atoms with Crippen molar-refractivity contribution in [3.05, 3.63) is 0 Å². The van der Waals surface area contributed by atoms with Crippen LogP contribution in [0.3, 0.4) is 0 Å². The lowest BCUT2D eigenvalue weighted by Gasteiger charge is -2.27. The first-order chi connectivity index (χ1) is 8.34. The fraction of sp³-hybridized carbons (Fsp3) is 0.846. The Labute approximate surface area is 114 Å². The maximum absolute atomic E-state index is 12.1. The van der Waals surface area contributed by atoms with Crippen LogP contribution in [-0.2, 0) is 14.3 Å². The molecule has 0 saturated carbocycles. The van der Waals surface area contributed by atoms with Crippen LogP contribution in [-0.4, -0.2) is 37.0 Å². The lowest BCUT2D eigenvalue weighted by molar-refractivity contribution is -0.156. The van der Waals surface area contributed by atoms with E-state index in [-0.39, 0.29) is 5.91 Å². The third-order valence-corrected chi connectivity index (χ3v) is 3.17. The van der Waals surface area contributed by atoms with Gasteiger partial charge in [-0.15, -0.1) is 0 Å². The van der Waals surface area contributed by atoms with E-state index in [1.54, 1.807) is 18.7 Å². The molecule has 0 aromatic carbocycles. The minimum Gasteiger partial charge on any atom is -0.465 e. The number of amides is 1. The average molecular weight is 275 g/mol. The minimum atomic E-state index is -0.744. The van der Waals surface area contributed by atoms with Crippen molar-refractivity contribution in [3.63, 3.8) is 0 Å². The zero-order valence-electron chi connectivity index (χ0n) is 12.0. The predicted octanol–water partition coefficient (Wildman–Crippen LogP) is 2.08. The summed E-state index contributed by atoms with van der Waals surface area (Å²) in [6, 6.07) is 0. The molecule has 0 aromatic heterocycles. The molecule has 4 nitrogen and oxygen atoms in total. The van der Waals surface area contributed by atoms with Crippen molar-refractivity contribution in [1.29, 1.82) is 0 Å². The van der Waals surface area contributed by atoms with Gasteiger partial charge in [-0.2, -0.15) is 11.8 Å². The number of hydrogen-bond donors (Lipinski definition) is 1. The first-order valence-corrected chi connectivity index (χ1v) is 7.67. The van der Waals surface area contributed by atoms with Crippen LogP contribution in [0.15, 0.2) is 0 Å². The van der Waals surface area contributed by atoms with Gasteiger partial charge in [-0.3, -0.25) is 9.59 Å². The molecule has 1 atom stereocenters. The number of thioether (sulfide) groups is 1. The zero-order valence-corrected chi connectivity index (χ0v) is 12.9. The Morgan fingerprint density at radius 1 is 1.33 bits per heavy atom. The Morgan fingerprint density at radius 3 is 2.39 bits per heavy atom. The highest BCUT2D eigenvalue weighted by Crippen LogP contribution is 2.27. The number of carbonyl (C=O) groups is 2. The third-order valence-electron chi connectivity index (χ3n) is 2.47. The summed E-state index contributed by atoms with van der Waals surface area (Å²) in [6.45, 7) is 8.26. The summed E-state index contributed by atoms with van der Waals surface area (Å²) in [5.41, 5.74) is -0.435. The topological polar surface area (TPSA) is 55.4 Å². The van der Waals surface area contributed by atoms with Gasteiger partial charge in [0.15, 0.2) is 0 Å². The highest BCUT2D eigenvalue weighted by molar-refractivity contribution is 7.98. The van der Waals surface area contributed by atoms with Crippen molar-refractivity contribution in [1.82, 2.24) is 5.32 Å². The highest BCUT2D eigenvalue weighted by atomic mass is 32.2. The molecule has 0 aliphatic heterocycles. The lowest BCUT2D eigenvalue weighted by atomic mass is 9.80. The Morgan fingerprint density at radius 2 is 1.94 bits per heavy atom. The van der Waals surface area contributed by atoms with E-state index >= 15 is 0 Å². The van der Waals surface area contributed by atoms with E-state index in [1.165, 1.54) is 0 Å². The van der Waals surface area contributed by atoms with Gasteiger partial charge in [-0.1, -0.05) is 20.8 Å². The fourth-order valence-electron chi connectivity index (χ4n) is 1.61. The normalized spacial score (nSPS) is 12.9. The molecule has 1 unspecified atom stereocenters. The van der Waals surface area contributed by atoms with Crippen molar-refractivity contribution in [2.45, 2.75) is 34.1 Å². The number of rotatable bonds is 7. The number of nitrogens with one attached hydrogen (secondary N) is 1. The van der Waals surface area contributed by atoms with Gasteiger partial charge in [-0.05, 0) is 30.8 Å². The molecule has 1 amide bonds. The van der Waals surface area contributed by atoms with E-state index in [0.29, 0.717) is 13.2 Å². The van der Waals surface area contributed by atoms with Gasteiger partial charge in [0, 0.05) is 6.54 Å². The molecule has 0 saturated heterocycles. The highest BCUT2D eigenvalue weighted by Gasteiger charge is 2.38. The Kier molecular flexibility index (Phi) is 8.07. The van der Waals surface area contributed by atoms with E-state index in [4.69, 9.17) is 4.74 Å². The molecular weight excluding hydrogens is 250 g/mol. The van der Waals surface area contributed by atoms with Crippen LogP contribution in [0.1, 0.15) is 34.1 Å². The van der Waals surface area contributed by atoms with Gasteiger partial charge in [0.2, 0.25) is 5.91 Å². The van der Waals surface area contributed by atoms with E-state index < -0.39 is 17.3 Å². The van der Waals surface area contributed by atoms with Crippen molar-refractivity contribution >= 4 is 23.6 Å². The Bertz CT molecular complexity index is 274.